The molecule has 0 atom stereocenters. The van der Waals surface area contributed by atoms with Crippen molar-refractivity contribution in [3.8, 4) is 5.75 Å². The third-order valence-corrected chi connectivity index (χ3v) is 7.16. The van der Waals surface area contributed by atoms with Gasteiger partial charge in [0, 0.05) is 54.9 Å². The van der Waals surface area contributed by atoms with Crippen LogP contribution in [0.25, 0.3) is 10.9 Å². The number of para-hydroxylation sites is 1. The Bertz CT molecular complexity index is 1200. The van der Waals surface area contributed by atoms with Crippen LogP contribution >= 0.6 is 0 Å². The number of aromatic nitrogens is 1. The number of ether oxygens (including phenoxy) is 1. The topological polar surface area (TPSA) is 74.8 Å². The molecule has 1 N–H and O–H groups in total. The highest BCUT2D eigenvalue weighted by atomic mass is 16.5. The minimum absolute atomic E-state index is 0.0746. The number of carbonyl (C=O) groups excluding carboxylic acids is 2. The van der Waals surface area contributed by atoms with E-state index in [9.17, 15) is 9.59 Å². The van der Waals surface area contributed by atoms with Gasteiger partial charge >= 0.3 is 0 Å². The van der Waals surface area contributed by atoms with Crippen molar-refractivity contribution in [1.82, 2.24) is 9.88 Å². The number of fused-ring (bicyclic) bond motifs is 1. The molecule has 7 heteroatoms. The van der Waals surface area contributed by atoms with Crippen molar-refractivity contribution in [3.05, 3.63) is 60.3 Å². The first-order chi connectivity index (χ1) is 17.1. The molecule has 0 unspecified atom stereocenters. The molecule has 182 valence electrons. The highest BCUT2D eigenvalue weighted by molar-refractivity contribution is 5.97. The second-order valence-electron chi connectivity index (χ2n) is 9.38. The van der Waals surface area contributed by atoms with E-state index in [4.69, 9.17) is 4.74 Å². The Morgan fingerprint density at radius 1 is 0.943 bits per heavy atom. The maximum absolute atomic E-state index is 13.2. The predicted octanol–water partition coefficient (Wildman–Crippen LogP) is 4.72. The van der Waals surface area contributed by atoms with Crippen LogP contribution in [0.5, 0.6) is 5.75 Å². The minimum Gasteiger partial charge on any atom is -0.496 e. The molecular weight excluding hydrogens is 440 g/mol. The van der Waals surface area contributed by atoms with E-state index in [2.05, 4.69) is 15.2 Å². The Hall–Kier alpha value is -3.61. The van der Waals surface area contributed by atoms with Gasteiger partial charge in [0.25, 0.3) is 5.91 Å². The Morgan fingerprint density at radius 2 is 1.66 bits per heavy atom. The monoisotopic (exact) mass is 472 g/mol. The largest absolute Gasteiger partial charge is 0.496 e. The van der Waals surface area contributed by atoms with Crippen LogP contribution in [0.3, 0.4) is 0 Å². The van der Waals surface area contributed by atoms with Crippen molar-refractivity contribution in [2.45, 2.75) is 32.1 Å². The summed E-state index contributed by atoms with van der Waals surface area (Å²) in [4.78, 5) is 34.4. The Morgan fingerprint density at radius 3 is 2.37 bits per heavy atom. The molecule has 3 aromatic rings. The number of methoxy groups -OCH3 is 1. The lowest BCUT2D eigenvalue weighted by Crippen LogP contribution is -2.49. The fourth-order valence-corrected chi connectivity index (χ4v) is 5.12. The quantitative estimate of drug-likeness (QED) is 0.581. The van der Waals surface area contributed by atoms with Crippen LogP contribution in [0.4, 0.5) is 11.4 Å². The summed E-state index contributed by atoms with van der Waals surface area (Å²) in [6.45, 7) is 2.72. The molecule has 2 amide bonds. The summed E-state index contributed by atoms with van der Waals surface area (Å²) in [7, 11) is 1.61. The smallest absolute Gasteiger partial charge is 0.272 e. The van der Waals surface area contributed by atoms with Crippen molar-refractivity contribution >= 4 is 34.1 Å². The first-order valence-corrected chi connectivity index (χ1v) is 12.5. The summed E-state index contributed by atoms with van der Waals surface area (Å²) >= 11 is 0. The molecule has 35 heavy (non-hydrogen) atoms. The molecule has 1 aromatic heterocycles. The SMILES string of the molecule is COc1cc(C(=O)N2CCN(c3ccc(NC(=O)C4CCCCC4)cc3)CC2)nc2ccccc12. The number of amides is 2. The highest BCUT2D eigenvalue weighted by Gasteiger charge is 2.25. The van der Waals surface area contributed by atoms with Gasteiger partial charge in [0.15, 0.2) is 0 Å². The van der Waals surface area contributed by atoms with Crippen LogP contribution in [0.2, 0.25) is 0 Å². The summed E-state index contributed by atoms with van der Waals surface area (Å²) in [6.07, 6.45) is 5.53. The second-order valence-corrected chi connectivity index (χ2v) is 9.38. The molecule has 1 aliphatic carbocycles. The number of hydrogen-bond donors (Lipinski definition) is 1. The van der Waals surface area contributed by atoms with Gasteiger partial charge in [-0.25, -0.2) is 4.98 Å². The summed E-state index contributed by atoms with van der Waals surface area (Å²) in [6, 6.07) is 17.5. The second kappa shape index (κ2) is 10.3. The lowest BCUT2D eigenvalue weighted by molar-refractivity contribution is -0.120. The van der Waals surface area contributed by atoms with Crippen LogP contribution in [0.15, 0.2) is 54.6 Å². The summed E-state index contributed by atoms with van der Waals surface area (Å²) in [5, 5.41) is 3.97. The zero-order valence-corrected chi connectivity index (χ0v) is 20.2. The van der Waals surface area contributed by atoms with Crippen molar-refractivity contribution in [1.29, 1.82) is 0 Å². The molecule has 2 aromatic carbocycles. The molecular formula is C28H32N4O3. The van der Waals surface area contributed by atoms with Gasteiger partial charge < -0.3 is 19.9 Å². The predicted molar refractivity (Wildman–Crippen MR) is 138 cm³/mol. The van der Waals surface area contributed by atoms with Gasteiger partial charge in [-0.2, -0.15) is 0 Å². The van der Waals surface area contributed by atoms with Crippen molar-refractivity contribution < 1.29 is 14.3 Å². The van der Waals surface area contributed by atoms with Gasteiger partial charge in [0.1, 0.15) is 11.4 Å². The normalized spacial score (nSPS) is 16.8. The Balaban J connectivity index is 1.19. The fraction of sp³-hybridized carbons (Fsp3) is 0.393. The standard InChI is InChI=1S/C28H32N4O3/c1-35-26-19-25(30-24-10-6-5-9-23(24)26)28(34)32-17-15-31(16-18-32)22-13-11-21(12-14-22)29-27(33)20-7-3-2-4-8-20/h5-6,9-14,19-20H,2-4,7-8,15-18H2,1H3,(H,29,33). The molecule has 2 fully saturated rings. The highest BCUT2D eigenvalue weighted by Crippen LogP contribution is 2.27. The van der Waals surface area contributed by atoms with Gasteiger partial charge in [0.2, 0.25) is 5.91 Å². The zero-order chi connectivity index (χ0) is 24.2. The van der Waals surface area contributed by atoms with E-state index in [0.717, 1.165) is 61.1 Å². The van der Waals surface area contributed by atoms with Crippen molar-refractivity contribution in [3.63, 3.8) is 0 Å². The summed E-state index contributed by atoms with van der Waals surface area (Å²) in [5.74, 6) is 0.873. The summed E-state index contributed by atoms with van der Waals surface area (Å²) in [5.41, 5.74) is 3.10. The molecule has 0 radical (unpaired) electrons. The van der Waals surface area contributed by atoms with E-state index >= 15 is 0 Å². The third-order valence-electron chi connectivity index (χ3n) is 7.16. The van der Waals surface area contributed by atoms with Crippen LogP contribution < -0.4 is 15.0 Å². The number of nitrogens with one attached hydrogen (secondary N) is 1. The number of anilines is 2. The maximum Gasteiger partial charge on any atom is 0.272 e. The number of piperazine rings is 1. The lowest BCUT2D eigenvalue weighted by atomic mass is 9.88. The third kappa shape index (κ3) is 5.09. The molecule has 2 heterocycles. The lowest BCUT2D eigenvalue weighted by Gasteiger charge is -2.36. The number of rotatable bonds is 5. The average Bonchev–Trinajstić information content (AvgIpc) is 2.93. The Labute approximate surface area is 206 Å². The van der Waals surface area contributed by atoms with E-state index in [1.807, 2.05) is 53.4 Å². The first kappa shape index (κ1) is 23.1. The van der Waals surface area contributed by atoms with Crippen LogP contribution in [0, 0.1) is 5.92 Å². The minimum atomic E-state index is -0.0746. The molecule has 2 aliphatic rings. The van der Waals surface area contributed by atoms with Crippen LogP contribution in [0.1, 0.15) is 42.6 Å². The number of carbonyl (C=O) groups is 2. The van der Waals surface area contributed by atoms with Crippen molar-refractivity contribution in [2.75, 3.05) is 43.5 Å². The van der Waals surface area contributed by atoms with E-state index in [1.54, 1.807) is 13.2 Å². The van der Waals surface area contributed by atoms with Gasteiger partial charge in [-0.1, -0.05) is 31.4 Å². The van der Waals surface area contributed by atoms with Gasteiger partial charge in [-0.15, -0.1) is 0 Å². The summed E-state index contributed by atoms with van der Waals surface area (Å²) < 4.78 is 5.50. The molecule has 7 nitrogen and oxygen atoms in total. The van der Waals surface area contributed by atoms with Gasteiger partial charge in [0.05, 0.1) is 12.6 Å². The van der Waals surface area contributed by atoms with E-state index in [0.29, 0.717) is 24.5 Å². The van der Waals surface area contributed by atoms with E-state index in [1.165, 1.54) is 6.42 Å². The van der Waals surface area contributed by atoms with Crippen LogP contribution in [-0.2, 0) is 4.79 Å². The molecule has 0 spiro atoms. The zero-order valence-electron chi connectivity index (χ0n) is 20.2. The van der Waals surface area contributed by atoms with Gasteiger partial charge in [-0.05, 0) is 49.2 Å². The van der Waals surface area contributed by atoms with Crippen molar-refractivity contribution in [2.24, 2.45) is 5.92 Å². The van der Waals surface area contributed by atoms with Gasteiger partial charge in [-0.3, -0.25) is 9.59 Å². The maximum atomic E-state index is 13.2. The molecule has 0 bridgehead atoms. The number of nitrogens with zero attached hydrogens (tertiary/aromatic N) is 3. The van der Waals surface area contributed by atoms with Crippen LogP contribution in [-0.4, -0.2) is 55.0 Å². The molecule has 1 saturated heterocycles. The first-order valence-electron chi connectivity index (χ1n) is 12.5. The Kier molecular flexibility index (Phi) is 6.84. The number of hydrogen-bond acceptors (Lipinski definition) is 5. The number of pyridine rings is 1. The fourth-order valence-electron chi connectivity index (χ4n) is 5.12. The van der Waals surface area contributed by atoms with E-state index < -0.39 is 0 Å². The number of benzene rings is 2. The van der Waals surface area contributed by atoms with E-state index in [-0.39, 0.29) is 17.7 Å². The molecule has 1 aliphatic heterocycles. The molecule has 5 rings (SSSR count). The average molecular weight is 473 g/mol. The molecule has 1 saturated carbocycles.